The molecule has 0 amide bonds. The van der Waals surface area contributed by atoms with E-state index in [2.05, 4.69) is 6.07 Å². The topological polar surface area (TPSA) is 82.8 Å². The molecule has 0 bridgehead atoms. The van der Waals surface area contributed by atoms with E-state index in [1.54, 1.807) is 4.57 Å². The van der Waals surface area contributed by atoms with Crippen molar-refractivity contribution < 1.29 is 19.3 Å². The maximum Gasteiger partial charge on any atom is 0.257 e. The van der Waals surface area contributed by atoms with Crippen molar-refractivity contribution in [1.82, 2.24) is 9.55 Å². The quantitative estimate of drug-likeness (QED) is 0.481. The van der Waals surface area contributed by atoms with Gasteiger partial charge in [0.25, 0.3) is 5.56 Å². The summed E-state index contributed by atoms with van der Waals surface area (Å²) < 4.78 is 18.7. The molecular formula is C24H26N2O5. The number of aromatic nitrogens is 2. The molecule has 162 valence electrons. The first-order chi connectivity index (χ1) is 15.1. The van der Waals surface area contributed by atoms with Crippen LogP contribution in [0.25, 0.3) is 22.3 Å². The van der Waals surface area contributed by atoms with E-state index in [9.17, 15) is 9.90 Å². The normalized spacial score (nSPS) is 21.7. The van der Waals surface area contributed by atoms with Crippen molar-refractivity contribution in [3.05, 3.63) is 63.4 Å². The number of fused-ring (bicyclic) bond motifs is 5. The van der Waals surface area contributed by atoms with Crippen LogP contribution in [0.1, 0.15) is 37.0 Å². The second kappa shape index (κ2) is 7.84. The zero-order valence-electron chi connectivity index (χ0n) is 17.8. The summed E-state index contributed by atoms with van der Waals surface area (Å²) in [6.45, 7) is 5.66. The Morgan fingerprint density at radius 2 is 2.10 bits per heavy atom. The zero-order valence-corrected chi connectivity index (χ0v) is 17.8. The van der Waals surface area contributed by atoms with Crippen LogP contribution in [0, 0.1) is 0 Å². The van der Waals surface area contributed by atoms with Crippen LogP contribution in [0.5, 0.6) is 0 Å². The van der Waals surface area contributed by atoms with E-state index in [-0.39, 0.29) is 12.2 Å². The molecule has 2 aliphatic rings. The average Bonchev–Trinajstić information content (AvgIpc) is 3.15. The minimum Gasteiger partial charge on any atom is -0.380 e. The van der Waals surface area contributed by atoms with Gasteiger partial charge in [-0.1, -0.05) is 25.1 Å². The Kier molecular flexibility index (Phi) is 5.14. The zero-order chi connectivity index (χ0) is 21.6. The Labute approximate surface area is 180 Å². The number of pyridine rings is 2. The van der Waals surface area contributed by atoms with E-state index >= 15 is 0 Å². The second-order valence-corrected chi connectivity index (χ2v) is 7.99. The predicted molar refractivity (Wildman–Crippen MR) is 116 cm³/mol. The molecule has 0 saturated heterocycles. The van der Waals surface area contributed by atoms with Crippen molar-refractivity contribution in [1.29, 1.82) is 0 Å². The van der Waals surface area contributed by atoms with Gasteiger partial charge in [-0.05, 0) is 31.5 Å². The van der Waals surface area contributed by atoms with Gasteiger partial charge in [-0.15, -0.1) is 0 Å². The molecule has 0 unspecified atom stereocenters. The molecule has 0 spiro atoms. The number of benzene rings is 1. The highest BCUT2D eigenvalue weighted by Crippen LogP contribution is 2.41. The van der Waals surface area contributed by atoms with Gasteiger partial charge in [0.05, 0.1) is 43.3 Å². The number of ether oxygens (including phenoxy) is 3. The van der Waals surface area contributed by atoms with E-state index in [0.717, 1.165) is 27.9 Å². The van der Waals surface area contributed by atoms with E-state index in [4.69, 9.17) is 19.2 Å². The molecule has 2 aromatic heterocycles. The summed E-state index contributed by atoms with van der Waals surface area (Å²) in [5.74, 6) is 0. The Bertz CT molecular complexity index is 1200. The summed E-state index contributed by atoms with van der Waals surface area (Å²) in [6.07, 6.45) is -0.515. The van der Waals surface area contributed by atoms with Crippen LogP contribution in [-0.4, -0.2) is 40.8 Å². The van der Waals surface area contributed by atoms with Gasteiger partial charge in [-0.3, -0.25) is 4.79 Å². The van der Waals surface area contributed by atoms with Crippen LogP contribution in [-0.2, 0) is 33.0 Å². The molecule has 2 aliphatic heterocycles. The molecule has 4 heterocycles. The average molecular weight is 422 g/mol. The molecule has 7 heteroatoms. The van der Waals surface area contributed by atoms with Crippen molar-refractivity contribution in [3.63, 3.8) is 0 Å². The SMILES string of the molecule is CCOCCO[C@@H]1OCc2c(cc3n(c2=O)Cc2cc4ccccc4nc2-3)[C@@]1(O)CC. The van der Waals surface area contributed by atoms with Crippen molar-refractivity contribution in [2.24, 2.45) is 0 Å². The van der Waals surface area contributed by atoms with Crippen LogP contribution >= 0.6 is 0 Å². The lowest BCUT2D eigenvalue weighted by Gasteiger charge is -2.40. The Balaban J connectivity index is 1.59. The molecule has 0 saturated carbocycles. The first kappa shape index (κ1) is 20.3. The van der Waals surface area contributed by atoms with E-state index in [0.29, 0.717) is 43.9 Å². The fourth-order valence-electron chi connectivity index (χ4n) is 4.57. The fraction of sp³-hybridized carbons (Fsp3) is 0.417. The smallest absolute Gasteiger partial charge is 0.257 e. The summed E-state index contributed by atoms with van der Waals surface area (Å²) in [6, 6.07) is 11.9. The van der Waals surface area contributed by atoms with Gasteiger partial charge >= 0.3 is 0 Å². The number of nitrogens with zero attached hydrogens (tertiary/aromatic N) is 2. The first-order valence-corrected chi connectivity index (χ1v) is 10.8. The monoisotopic (exact) mass is 422 g/mol. The van der Waals surface area contributed by atoms with Gasteiger partial charge in [0, 0.05) is 28.7 Å². The highest BCUT2D eigenvalue weighted by Gasteiger charge is 2.46. The van der Waals surface area contributed by atoms with Crippen molar-refractivity contribution in [3.8, 4) is 11.4 Å². The van der Waals surface area contributed by atoms with Crippen LogP contribution in [0.4, 0.5) is 0 Å². The first-order valence-electron chi connectivity index (χ1n) is 10.8. The Hall–Kier alpha value is -2.58. The van der Waals surface area contributed by atoms with Gasteiger partial charge < -0.3 is 23.9 Å². The lowest BCUT2D eigenvalue weighted by molar-refractivity contribution is -0.262. The molecule has 5 rings (SSSR count). The third-order valence-corrected chi connectivity index (χ3v) is 6.25. The van der Waals surface area contributed by atoms with E-state index in [1.807, 2.05) is 44.2 Å². The molecule has 0 radical (unpaired) electrons. The Morgan fingerprint density at radius 3 is 2.90 bits per heavy atom. The van der Waals surface area contributed by atoms with Gasteiger partial charge in [0.1, 0.15) is 5.60 Å². The summed E-state index contributed by atoms with van der Waals surface area (Å²) in [5, 5.41) is 12.6. The summed E-state index contributed by atoms with van der Waals surface area (Å²) in [4.78, 5) is 18.2. The number of hydrogen-bond acceptors (Lipinski definition) is 6. The van der Waals surface area contributed by atoms with Crippen LogP contribution in [0.2, 0.25) is 0 Å². The fourth-order valence-corrected chi connectivity index (χ4v) is 4.57. The number of aliphatic hydroxyl groups is 1. The van der Waals surface area contributed by atoms with Crippen molar-refractivity contribution in [2.45, 2.75) is 45.3 Å². The minimum absolute atomic E-state index is 0.0990. The number of rotatable bonds is 6. The Morgan fingerprint density at radius 1 is 1.26 bits per heavy atom. The maximum absolute atomic E-state index is 13.4. The predicted octanol–water partition coefficient (Wildman–Crippen LogP) is 2.93. The number of para-hydroxylation sites is 1. The molecule has 1 N–H and O–H groups in total. The number of hydrogen-bond donors (Lipinski definition) is 1. The van der Waals surface area contributed by atoms with E-state index in [1.165, 1.54) is 0 Å². The van der Waals surface area contributed by atoms with Gasteiger partial charge in [0.2, 0.25) is 0 Å². The van der Waals surface area contributed by atoms with Crippen molar-refractivity contribution >= 4 is 10.9 Å². The third kappa shape index (κ3) is 3.20. The van der Waals surface area contributed by atoms with Crippen LogP contribution in [0.3, 0.4) is 0 Å². The molecular weight excluding hydrogens is 396 g/mol. The summed E-state index contributed by atoms with van der Waals surface area (Å²) in [7, 11) is 0. The molecule has 31 heavy (non-hydrogen) atoms. The second-order valence-electron chi connectivity index (χ2n) is 7.99. The van der Waals surface area contributed by atoms with Crippen molar-refractivity contribution in [2.75, 3.05) is 19.8 Å². The highest BCUT2D eigenvalue weighted by atomic mass is 16.7. The molecule has 0 fully saturated rings. The molecule has 2 atom stereocenters. The lowest BCUT2D eigenvalue weighted by Crippen LogP contribution is -2.49. The van der Waals surface area contributed by atoms with Crippen LogP contribution < -0.4 is 5.56 Å². The minimum atomic E-state index is -1.42. The molecule has 3 aromatic rings. The summed E-state index contributed by atoms with van der Waals surface area (Å²) >= 11 is 0. The lowest BCUT2D eigenvalue weighted by atomic mass is 9.85. The van der Waals surface area contributed by atoms with Gasteiger partial charge in [-0.2, -0.15) is 0 Å². The largest absolute Gasteiger partial charge is 0.380 e. The summed E-state index contributed by atoms with van der Waals surface area (Å²) in [5.41, 5.74) is 2.89. The molecule has 1 aromatic carbocycles. The molecule has 7 nitrogen and oxygen atoms in total. The third-order valence-electron chi connectivity index (χ3n) is 6.25. The highest BCUT2D eigenvalue weighted by molar-refractivity contribution is 5.84. The standard InChI is InChI=1S/C24H26N2O5/c1-3-24(28)18-12-20-21-16(11-15-7-5-6-8-19(15)25-21)13-26(20)22(27)17(18)14-31-23(24)30-10-9-29-4-2/h5-8,11-12,23,28H,3-4,9-10,13-14H2,1-2H3/t23-,24+/m1/s1. The van der Waals surface area contributed by atoms with Gasteiger partial charge in [0.15, 0.2) is 6.29 Å². The van der Waals surface area contributed by atoms with Crippen LogP contribution in [0.15, 0.2) is 41.2 Å². The van der Waals surface area contributed by atoms with E-state index < -0.39 is 11.9 Å². The maximum atomic E-state index is 13.4. The molecule has 0 aliphatic carbocycles. The van der Waals surface area contributed by atoms with Gasteiger partial charge in [-0.25, -0.2) is 4.98 Å².